The first kappa shape index (κ1) is 34.3. The Balaban J connectivity index is 1.07. The maximum Gasteiger partial charge on any atom is 0.429 e. The van der Waals surface area contributed by atoms with Crippen molar-refractivity contribution in [2.24, 2.45) is 0 Å². The summed E-state index contributed by atoms with van der Waals surface area (Å²) >= 11 is 0. The Bertz CT molecular complexity index is 1450. The number of Topliss-reactive ketones (excluding diaryl/α,β-unsaturated/α-hetero) is 1. The van der Waals surface area contributed by atoms with E-state index >= 15 is 0 Å². The quantitative estimate of drug-likeness (QED) is 0.220. The van der Waals surface area contributed by atoms with Gasteiger partial charge in [0.25, 0.3) is 0 Å². The van der Waals surface area contributed by atoms with Gasteiger partial charge >= 0.3 is 6.09 Å². The number of ether oxygens (including phenoxy) is 1. The molecule has 1 radical (unpaired) electrons. The molecule has 0 atom stereocenters. The van der Waals surface area contributed by atoms with Crippen molar-refractivity contribution in [2.45, 2.75) is 19.4 Å². The summed E-state index contributed by atoms with van der Waals surface area (Å²) in [6, 6.07) is 25.7. The molecule has 0 spiro atoms. The van der Waals surface area contributed by atoms with E-state index in [1.54, 1.807) is 24.0 Å². The molecule has 0 bridgehead atoms. The molecule has 2 aliphatic rings. The van der Waals surface area contributed by atoms with Gasteiger partial charge in [-0.25, -0.2) is 14.8 Å². The minimum atomic E-state index is -0.428. The van der Waals surface area contributed by atoms with Crippen LogP contribution in [0.25, 0.3) is 11.1 Å². The first-order chi connectivity index (χ1) is 22.9. The summed E-state index contributed by atoms with van der Waals surface area (Å²) in [5.74, 6) is 0.124. The Morgan fingerprint density at radius 1 is 0.787 bits per heavy atom. The van der Waals surface area contributed by atoms with Crippen molar-refractivity contribution < 1.29 is 19.1 Å². The smallest absolute Gasteiger partial charge is 0.429 e. The van der Waals surface area contributed by atoms with Crippen LogP contribution in [0, 0.1) is 6.42 Å². The van der Waals surface area contributed by atoms with Gasteiger partial charge < -0.3 is 15.0 Å². The van der Waals surface area contributed by atoms with Gasteiger partial charge in [0.1, 0.15) is 6.61 Å². The predicted octanol–water partition coefficient (Wildman–Crippen LogP) is 4.19. The number of amides is 2. The van der Waals surface area contributed by atoms with Gasteiger partial charge in [0.2, 0.25) is 5.91 Å². The van der Waals surface area contributed by atoms with Crippen molar-refractivity contribution in [3.05, 3.63) is 96.4 Å². The Kier molecular flexibility index (Phi) is 12.5. The summed E-state index contributed by atoms with van der Waals surface area (Å²) in [7, 11) is 3.58. The van der Waals surface area contributed by atoms with Crippen LogP contribution in [-0.4, -0.2) is 117 Å². The summed E-state index contributed by atoms with van der Waals surface area (Å²) < 4.78 is 5.75. The number of hydrogen-bond acceptors (Lipinski definition) is 8. The van der Waals surface area contributed by atoms with Crippen molar-refractivity contribution in [1.29, 1.82) is 0 Å². The van der Waals surface area contributed by atoms with Crippen LogP contribution in [0.1, 0.15) is 28.8 Å². The number of nitrogens with one attached hydrogen (secondary N) is 1. The van der Waals surface area contributed by atoms with Crippen LogP contribution >= 0.6 is 0 Å². The fourth-order valence-electron chi connectivity index (χ4n) is 5.89. The van der Waals surface area contributed by atoms with E-state index in [9.17, 15) is 14.4 Å². The molecular weight excluding hydrogens is 592 g/mol. The number of likely N-dealkylation sites (N-methyl/N-ethyl adjacent to an activating group) is 1. The number of hydrogen-bond donors (Lipinski definition) is 1. The second-order valence-corrected chi connectivity index (χ2v) is 12.3. The number of carbonyl (C=O) groups is 3. The monoisotopic (exact) mass is 639 g/mol. The molecule has 5 rings (SSSR count). The molecule has 2 heterocycles. The van der Waals surface area contributed by atoms with Crippen LogP contribution in [0.2, 0.25) is 0 Å². The second-order valence-electron chi connectivity index (χ2n) is 12.3. The molecule has 1 N–H and O–H groups in total. The zero-order valence-electron chi connectivity index (χ0n) is 27.6. The molecule has 249 valence electrons. The maximum atomic E-state index is 13.5. The number of hydrazine groups is 1. The average molecular weight is 640 g/mol. The zero-order valence-corrected chi connectivity index (χ0v) is 27.6. The number of anilines is 1. The summed E-state index contributed by atoms with van der Waals surface area (Å²) in [4.78, 5) is 44.6. The van der Waals surface area contributed by atoms with E-state index in [-0.39, 0.29) is 24.8 Å². The lowest BCUT2D eigenvalue weighted by Crippen LogP contribution is -2.50. The summed E-state index contributed by atoms with van der Waals surface area (Å²) in [6.45, 7) is 6.97. The van der Waals surface area contributed by atoms with Crippen molar-refractivity contribution in [3.63, 3.8) is 0 Å². The minimum absolute atomic E-state index is 0.00923. The van der Waals surface area contributed by atoms with Crippen LogP contribution in [0.15, 0.2) is 78.9 Å². The van der Waals surface area contributed by atoms with E-state index in [1.807, 2.05) is 78.9 Å². The predicted molar refractivity (Wildman–Crippen MR) is 185 cm³/mol. The number of piperidine rings is 1. The van der Waals surface area contributed by atoms with Crippen LogP contribution in [-0.2, 0) is 16.1 Å². The summed E-state index contributed by atoms with van der Waals surface area (Å²) in [6.07, 6.45) is 3.62. The molecule has 0 aromatic heterocycles. The first-order valence-electron chi connectivity index (χ1n) is 16.5. The highest BCUT2D eigenvalue weighted by molar-refractivity contribution is 5.97. The molecule has 0 aliphatic carbocycles. The second kappa shape index (κ2) is 17.2. The van der Waals surface area contributed by atoms with E-state index in [1.165, 1.54) is 0 Å². The van der Waals surface area contributed by atoms with E-state index in [4.69, 9.17) is 4.74 Å². The molecule has 3 aromatic carbocycles. The molecule has 0 unspecified atom stereocenters. The number of ketones is 1. The van der Waals surface area contributed by atoms with E-state index in [0.29, 0.717) is 18.7 Å². The molecule has 2 saturated heterocycles. The number of benzene rings is 3. The van der Waals surface area contributed by atoms with Crippen molar-refractivity contribution in [1.82, 2.24) is 25.0 Å². The molecular formula is C37H47N6O4. The Hall–Kier alpha value is -4.09. The van der Waals surface area contributed by atoms with Gasteiger partial charge in [-0.3, -0.25) is 19.4 Å². The number of para-hydroxylation sites is 1. The van der Waals surface area contributed by atoms with E-state index in [0.717, 1.165) is 81.0 Å². The highest BCUT2D eigenvalue weighted by Gasteiger charge is 2.28. The molecule has 47 heavy (non-hydrogen) atoms. The Morgan fingerprint density at radius 3 is 2.15 bits per heavy atom. The van der Waals surface area contributed by atoms with Crippen LogP contribution in [0.5, 0.6) is 0 Å². The third kappa shape index (κ3) is 9.71. The largest absolute Gasteiger partial charge is 0.447 e. The van der Waals surface area contributed by atoms with Gasteiger partial charge in [0, 0.05) is 77.6 Å². The van der Waals surface area contributed by atoms with Gasteiger partial charge in [-0.1, -0.05) is 72.8 Å². The fourth-order valence-corrected chi connectivity index (χ4v) is 5.89. The molecule has 2 fully saturated rings. The van der Waals surface area contributed by atoms with Gasteiger partial charge in [-0.2, -0.15) is 0 Å². The lowest BCUT2D eigenvalue weighted by molar-refractivity contribution is -0.130. The lowest BCUT2D eigenvalue weighted by atomic mass is 10.0. The van der Waals surface area contributed by atoms with Crippen molar-refractivity contribution in [3.8, 4) is 11.1 Å². The Morgan fingerprint density at radius 2 is 1.45 bits per heavy atom. The highest BCUT2D eigenvalue weighted by atomic mass is 16.6. The fraction of sp³-hybridized carbons (Fsp3) is 0.405. The number of nitrogens with zero attached hydrogens (tertiary/aromatic N) is 5. The third-order valence-electron chi connectivity index (χ3n) is 8.65. The number of carbonyl (C=O) groups excluding carboxylic acids is 3. The van der Waals surface area contributed by atoms with Crippen molar-refractivity contribution in [2.75, 3.05) is 84.6 Å². The van der Waals surface area contributed by atoms with E-state index < -0.39 is 6.09 Å². The molecule has 10 nitrogen and oxygen atoms in total. The Labute approximate surface area is 278 Å². The topological polar surface area (TPSA) is 88.7 Å². The molecule has 0 saturated carbocycles. The standard InChI is InChI=1S/C37H47N6O4/c1-39(2)36(45)29-41-24-22-40(23-25-41)28-30-15-17-32(18-16-30)35(44)27-38-19-26-47-37(46)43(42-20-9-4-10-21-42)34-14-8-7-13-33(34)31-11-5-3-6-12-31/h3-8,11-18,38H,9-10,19-29H2,1-2H3. The summed E-state index contributed by atoms with van der Waals surface area (Å²) in [5, 5.41) is 6.86. The zero-order chi connectivity index (χ0) is 33.0. The summed E-state index contributed by atoms with van der Waals surface area (Å²) in [5.41, 5.74) is 4.59. The first-order valence-corrected chi connectivity index (χ1v) is 16.5. The average Bonchev–Trinajstić information content (AvgIpc) is 3.10. The van der Waals surface area contributed by atoms with Gasteiger partial charge in [0.05, 0.1) is 18.8 Å². The normalized spacial score (nSPS) is 16.0. The molecule has 10 heteroatoms. The SMILES string of the molecule is CN(C)C(=O)CN1CCN(Cc2ccc(C(=O)CNCCOC(=O)N(c3ccccc3-c3ccccc3)N3CC[CH]CC3)cc2)CC1. The van der Waals surface area contributed by atoms with Crippen molar-refractivity contribution >= 4 is 23.5 Å². The van der Waals surface area contributed by atoms with Crippen LogP contribution < -0.4 is 10.3 Å². The van der Waals surface area contributed by atoms with Gasteiger partial charge in [0.15, 0.2) is 5.78 Å². The third-order valence-corrected chi connectivity index (χ3v) is 8.65. The van der Waals surface area contributed by atoms with Gasteiger partial charge in [-0.15, -0.1) is 0 Å². The highest BCUT2D eigenvalue weighted by Crippen LogP contribution is 2.33. The van der Waals surface area contributed by atoms with Crippen LogP contribution in [0.4, 0.5) is 10.5 Å². The van der Waals surface area contributed by atoms with E-state index in [2.05, 4.69) is 26.5 Å². The number of rotatable bonds is 13. The number of piperazine rings is 1. The molecule has 2 aliphatic heterocycles. The molecule has 3 aromatic rings. The minimum Gasteiger partial charge on any atom is -0.447 e. The molecule has 2 amide bonds. The maximum absolute atomic E-state index is 13.5. The lowest BCUT2D eigenvalue weighted by Gasteiger charge is -2.37. The van der Waals surface area contributed by atoms with Gasteiger partial charge in [-0.05, 0) is 36.5 Å². The van der Waals surface area contributed by atoms with Crippen LogP contribution in [0.3, 0.4) is 0 Å².